The van der Waals surface area contributed by atoms with Crippen LogP contribution in [-0.4, -0.2) is 45.7 Å². The van der Waals surface area contributed by atoms with Gasteiger partial charge in [0.15, 0.2) is 5.82 Å². The Labute approximate surface area is 206 Å². The number of benzene rings is 1. The van der Waals surface area contributed by atoms with Gasteiger partial charge in [-0.3, -0.25) is 4.79 Å². The van der Waals surface area contributed by atoms with Gasteiger partial charge in [-0.15, -0.1) is 10.2 Å². The number of H-pyrrole nitrogens is 1. The highest BCUT2D eigenvalue weighted by atomic mass is 16.1. The molecule has 0 bridgehead atoms. The Kier molecular flexibility index (Phi) is 7.23. The number of ketones is 1. The highest BCUT2D eigenvalue weighted by molar-refractivity contribution is 5.92. The second kappa shape index (κ2) is 10.3. The second-order valence-electron chi connectivity index (χ2n) is 9.90. The van der Waals surface area contributed by atoms with Gasteiger partial charge in [-0.25, -0.2) is 14.8 Å². The van der Waals surface area contributed by atoms with Crippen LogP contribution in [0.1, 0.15) is 87.9 Å². The summed E-state index contributed by atoms with van der Waals surface area (Å²) in [5.41, 5.74) is 4.15. The van der Waals surface area contributed by atoms with Crippen LogP contribution in [0, 0.1) is 0 Å². The van der Waals surface area contributed by atoms with Crippen molar-refractivity contribution >= 4 is 5.78 Å². The molecule has 0 radical (unpaired) electrons. The van der Waals surface area contributed by atoms with E-state index < -0.39 is 0 Å². The summed E-state index contributed by atoms with van der Waals surface area (Å²) < 4.78 is 3.99. The molecule has 0 spiro atoms. The summed E-state index contributed by atoms with van der Waals surface area (Å²) in [6, 6.07) is 10.5. The normalized spacial score (nSPS) is 11.8. The fourth-order valence-corrected chi connectivity index (χ4v) is 4.17. The highest BCUT2D eigenvalue weighted by Gasteiger charge is 2.25. The maximum atomic E-state index is 12.4. The zero-order valence-corrected chi connectivity index (χ0v) is 21.2. The van der Waals surface area contributed by atoms with Crippen molar-refractivity contribution in [2.75, 3.05) is 0 Å². The number of tetrazole rings is 1. The van der Waals surface area contributed by atoms with Gasteiger partial charge in [0.2, 0.25) is 11.6 Å². The average Bonchev–Trinajstić information content (AvgIpc) is 3.57. The quantitative estimate of drug-likeness (QED) is 0.327. The minimum atomic E-state index is -0.0672. The van der Waals surface area contributed by atoms with Gasteiger partial charge in [0.25, 0.3) is 0 Å². The first-order valence-electron chi connectivity index (χ1n) is 12.3. The molecule has 3 aromatic heterocycles. The number of nitrogens with zero attached hydrogens (tertiary/aromatic N) is 7. The van der Waals surface area contributed by atoms with E-state index >= 15 is 0 Å². The molecule has 35 heavy (non-hydrogen) atoms. The summed E-state index contributed by atoms with van der Waals surface area (Å²) in [6.45, 7) is 11.2. The largest absolute Gasteiger partial charge is 0.313 e. The van der Waals surface area contributed by atoms with Crippen LogP contribution in [-0.2, 0) is 18.4 Å². The van der Waals surface area contributed by atoms with Crippen molar-refractivity contribution in [1.29, 1.82) is 0 Å². The highest BCUT2D eigenvalue weighted by Crippen LogP contribution is 2.34. The molecule has 3 heterocycles. The van der Waals surface area contributed by atoms with Crippen LogP contribution in [0.15, 0.2) is 36.5 Å². The summed E-state index contributed by atoms with van der Waals surface area (Å²) >= 11 is 0. The molecular weight excluding hydrogens is 440 g/mol. The predicted octanol–water partition coefficient (Wildman–Crippen LogP) is 4.92. The fraction of sp³-hybridized carbons (Fsp3) is 0.462. The molecule has 1 N–H and O–H groups in total. The summed E-state index contributed by atoms with van der Waals surface area (Å²) in [5, 5.41) is 19.2. The molecule has 0 aliphatic rings. The predicted molar refractivity (Wildman–Crippen MR) is 135 cm³/mol. The minimum absolute atomic E-state index is 0.0102. The number of hydrogen-bond donors (Lipinski definition) is 1. The van der Waals surface area contributed by atoms with Crippen LogP contribution in [0.2, 0.25) is 0 Å². The molecule has 9 nitrogen and oxygen atoms in total. The molecule has 0 atom stereocenters. The molecule has 9 heteroatoms. The van der Waals surface area contributed by atoms with E-state index in [4.69, 9.17) is 0 Å². The zero-order valence-electron chi connectivity index (χ0n) is 21.2. The van der Waals surface area contributed by atoms with Crippen LogP contribution in [0.5, 0.6) is 0 Å². The number of aryl methyl sites for hydroxylation is 1. The average molecular weight is 475 g/mol. The third kappa shape index (κ3) is 5.39. The number of Topliss-reactive ketones (excluding diaryl/α,β-unsaturated/α-hetero) is 1. The summed E-state index contributed by atoms with van der Waals surface area (Å²) in [6.07, 6.45) is 6.22. The van der Waals surface area contributed by atoms with Gasteiger partial charge >= 0.3 is 0 Å². The van der Waals surface area contributed by atoms with E-state index in [0.29, 0.717) is 24.6 Å². The van der Waals surface area contributed by atoms with Crippen molar-refractivity contribution in [2.24, 2.45) is 0 Å². The Hall–Kier alpha value is -3.62. The van der Waals surface area contributed by atoms with Crippen LogP contribution in [0.4, 0.5) is 0 Å². The Balaban J connectivity index is 1.63. The lowest BCUT2D eigenvalue weighted by atomic mass is 9.87. The van der Waals surface area contributed by atoms with Gasteiger partial charge in [0.1, 0.15) is 5.82 Å². The van der Waals surface area contributed by atoms with E-state index in [1.54, 1.807) is 0 Å². The van der Waals surface area contributed by atoms with Gasteiger partial charge < -0.3 is 4.57 Å². The third-order valence-electron chi connectivity index (χ3n) is 6.04. The first kappa shape index (κ1) is 24.5. The number of carbonyl (C=O) groups excluding carboxylic acids is 1. The van der Waals surface area contributed by atoms with E-state index in [-0.39, 0.29) is 11.2 Å². The Morgan fingerprint density at radius 1 is 1.06 bits per heavy atom. The number of unbranched alkanes of at least 4 members (excludes halogenated alkanes) is 1. The summed E-state index contributed by atoms with van der Waals surface area (Å²) in [5.74, 6) is 1.85. The second-order valence-corrected chi connectivity index (χ2v) is 9.90. The molecule has 0 unspecified atom stereocenters. The zero-order chi connectivity index (χ0) is 25.0. The monoisotopic (exact) mass is 474 g/mol. The fourth-order valence-electron chi connectivity index (χ4n) is 4.17. The van der Waals surface area contributed by atoms with Gasteiger partial charge in [-0.2, -0.15) is 0 Å². The molecule has 4 aromatic rings. The van der Waals surface area contributed by atoms with Crippen LogP contribution >= 0.6 is 0 Å². The lowest BCUT2D eigenvalue weighted by Gasteiger charge is -2.20. The van der Waals surface area contributed by atoms with Crippen LogP contribution in [0.3, 0.4) is 0 Å². The number of aromatic nitrogens is 8. The molecule has 0 saturated heterocycles. The number of hydrogen-bond acceptors (Lipinski definition) is 6. The molecule has 184 valence electrons. The SMILES string of the molecule is CCCCc1nc(C(=O)CCC)nn1Cc1ccc(-n2ccc(C(C)(C)C)c2-c2nnn[nH]2)cc1. The number of carbonyl (C=O) groups is 1. The van der Waals surface area contributed by atoms with E-state index in [9.17, 15) is 4.79 Å². The van der Waals surface area contributed by atoms with Crippen LogP contribution in [0.25, 0.3) is 17.2 Å². The first-order valence-corrected chi connectivity index (χ1v) is 12.3. The standard InChI is InChI=1S/C26H34N8O/c1-6-8-10-22-27-24(21(35)9-7-2)30-34(22)17-18-11-13-19(14-12-18)33-16-15-20(26(3,4)5)23(33)25-28-31-32-29-25/h11-16H,6-10,17H2,1-5H3,(H,28,29,31,32). The Bertz CT molecular complexity index is 1260. The lowest BCUT2D eigenvalue weighted by molar-refractivity contribution is 0.0971. The van der Waals surface area contributed by atoms with Gasteiger partial charge in [0, 0.05) is 24.7 Å². The molecule has 0 aliphatic carbocycles. The summed E-state index contributed by atoms with van der Waals surface area (Å²) in [4.78, 5) is 17.0. The smallest absolute Gasteiger partial charge is 0.217 e. The molecule has 0 amide bonds. The van der Waals surface area contributed by atoms with E-state index in [1.807, 2.05) is 11.6 Å². The van der Waals surface area contributed by atoms with Crippen molar-refractivity contribution in [1.82, 2.24) is 40.0 Å². The number of aromatic amines is 1. The minimum Gasteiger partial charge on any atom is -0.313 e. The third-order valence-corrected chi connectivity index (χ3v) is 6.04. The van der Waals surface area contributed by atoms with Crippen LogP contribution < -0.4 is 0 Å². The molecule has 0 saturated carbocycles. The Morgan fingerprint density at radius 2 is 1.83 bits per heavy atom. The molecular formula is C26H34N8O. The van der Waals surface area contributed by atoms with Crippen molar-refractivity contribution in [2.45, 2.75) is 78.7 Å². The van der Waals surface area contributed by atoms with Gasteiger partial charge in [0.05, 0.1) is 12.2 Å². The van der Waals surface area contributed by atoms with Crippen molar-refractivity contribution < 1.29 is 4.79 Å². The van der Waals surface area contributed by atoms with Gasteiger partial charge in [-0.1, -0.05) is 53.2 Å². The van der Waals surface area contributed by atoms with E-state index in [0.717, 1.165) is 54.0 Å². The van der Waals surface area contributed by atoms with Crippen molar-refractivity contribution in [3.8, 4) is 17.2 Å². The first-order chi connectivity index (χ1) is 16.8. The number of rotatable bonds is 10. The topological polar surface area (TPSA) is 107 Å². The summed E-state index contributed by atoms with van der Waals surface area (Å²) in [7, 11) is 0. The molecule has 4 rings (SSSR count). The maximum Gasteiger partial charge on any atom is 0.217 e. The molecule has 1 aromatic carbocycles. The lowest BCUT2D eigenvalue weighted by Crippen LogP contribution is -2.13. The Morgan fingerprint density at radius 3 is 2.46 bits per heavy atom. The van der Waals surface area contributed by atoms with Crippen molar-refractivity contribution in [3.63, 3.8) is 0 Å². The maximum absolute atomic E-state index is 12.4. The molecule has 0 fully saturated rings. The number of nitrogens with one attached hydrogen (secondary N) is 1. The molecule has 0 aliphatic heterocycles. The van der Waals surface area contributed by atoms with Crippen molar-refractivity contribution in [3.05, 3.63) is 59.3 Å². The van der Waals surface area contributed by atoms with Gasteiger partial charge in [-0.05, 0) is 58.0 Å². The van der Waals surface area contributed by atoms with E-state index in [2.05, 4.69) is 99.5 Å². The van der Waals surface area contributed by atoms with E-state index in [1.165, 1.54) is 0 Å².